The largest absolute Gasteiger partial charge is 0.481 e. The number of aromatic nitrogens is 3. The number of likely N-dealkylation sites (tertiary alicyclic amines) is 2. The highest BCUT2D eigenvalue weighted by molar-refractivity contribution is 6.39. The third kappa shape index (κ3) is 6.37. The van der Waals surface area contributed by atoms with Crippen molar-refractivity contribution in [2.75, 3.05) is 54.1 Å². The number of fused-ring (bicyclic) bond motifs is 1. The number of nitrogens with zero attached hydrogens (tertiary/aromatic N) is 5. The van der Waals surface area contributed by atoms with Gasteiger partial charge in [0.05, 0.1) is 60.5 Å². The van der Waals surface area contributed by atoms with E-state index in [4.69, 9.17) is 57.1 Å². The average Bonchev–Trinajstić information content (AvgIpc) is 3.49. The van der Waals surface area contributed by atoms with Gasteiger partial charge in [0.2, 0.25) is 11.8 Å². The summed E-state index contributed by atoms with van der Waals surface area (Å²) in [5, 5.41) is 1.04. The van der Waals surface area contributed by atoms with Crippen molar-refractivity contribution in [3.63, 3.8) is 0 Å². The highest BCUT2D eigenvalue weighted by Crippen LogP contribution is 2.47. The highest BCUT2D eigenvalue weighted by Gasteiger charge is 2.42. The van der Waals surface area contributed by atoms with Gasteiger partial charge in [-0.3, -0.25) is 19.6 Å². The van der Waals surface area contributed by atoms with Crippen molar-refractivity contribution in [1.82, 2.24) is 24.8 Å². The Labute approximate surface area is 296 Å². The van der Waals surface area contributed by atoms with Crippen LogP contribution >= 0.6 is 23.2 Å². The number of pyridine rings is 1. The average molecular weight is 705 g/mol. The molecule has 0 bridgehead atoms. The standard InChI is InChI=1S/C37H39Cl2N5O5/c1-5-49-37(45)22-16-44(17-22)31-13-12-21-14-28(41-36(48-4)32(21)31)26-10-6-8-24(33(26)38)25-9-7-11-27(34(25)39)29-15-40-30(35(42-29)47-3)20-43-18-23(19-43)46-2/h6-11,14-15,22-23,31H,5,12-13,16-20H2,1-4H3. The van der Waals surface area contributed by atoms with E-state index in [0.29, 0.717) is 53.7 Å². The van der Waals surface area contributed by atoms with Gasteiger partial charge in [0, 0.05) is 73.7 Å². The lowest BCUT2D eigenvalue weighted by Gasteiger charge is -2.42. The molecule has 1 unspecified atom stereocenters. The lowest BCUT2D eigenvalue weighted by Crippen LogP contribution is -2.51. The topological polar surface area (TPSA) is 99.1 Å². The molecule has 1 aliphatic carbocycles. The van der Waals surface area contributed by atoms with Gasteiger partial charge < -0.3 is 18.9 Å². The van der Waals surface area contributed by atoms with E-state index >= 15 is 0 Å². The molecule has 12 heteroatoms. The molecule has 3 aliphatic rings. The number of carbonyl (C=O) groups is 1. The molecule has 256 valence electrons. The minimum atomic E-state index is -0.123. The van der Waals surface area contributed by atoms with E-state index in [1.807, 2.05) is 43.3 Å². The van der Waals surface area contributed by atoms with Gasteiger partial charge in [-0.1, -0.05) is 59.6 Å². The number of esters is 1. The van der Waals surface area contributed by atoms with Crippen molar-refractivity contribution in [2.24, 2.45) is 5.92 Å². The monoisotopic (exact) mass is 703 g/mol. The fourth-order valence-electron chi connectivity index (χ4n) is 7.10. The number of hydrogen-bond acceptors (Lipinski definition) is 10. The maximum absolute atomic E-state index is 12.2. The van der Waals surface area contributed by atoms with Crippen molar-refractivity contribution in [3.05, 3.63) is 75.5 Å². The molecule has 7 rings (SSSR count). The van der Waals surface area contributed by atoms with E-state index in [0.717, 1.165) is 65.1 Å². The molecule has 0 N–H and O–H groups in total. The summed E-state index contributed by atoms with van der Waals surface area (Å²) >= 11 is 14.3. The summed E-state index contributed by atoms with van der Waals surface area (Å²) in [4.78, 5) is 31.2. The van der Waals surface area contributed by atoms with Crippen LogP contribution in [-0.4, -0.2) is 90.9 Å². The summed E-state index contributed by atoms with van der Waals surface area (Å²) in [5.41, 5.74) is 7.41. The first kappa shape index (κ1) is 33.7. The van der Waals surface area contributed by atoms with Crippen LogP contribution in [0.25, 0.3) is 33.6 Å². The summed E-state index contributed by atoms with van der Waals surface area (Å²) < 4.78 is 22.1. The lowest BCUT2D eigenvalue weighted by atomic mass is 9.95. The van der Waals surface area contributed by atoms with Crippen LogP contribution in [0.3, 0.4) is 0 Å². The molecule has 4 aromatic rings. The molecule has 2 aromatic heterocycles. The Balaban J connectivity index is 1.16. The number of carbonyl (C=O) groups excluding carboxylic acids is 1. The van der Waals surface area contributed by atoms with E-state index in [2.05, 4.69) is 15.9 Å². The molecule has 2 fully saturated rings. The van der Waals surface area contributed by atoms with Crippen molar-refractivity contribution >= 4 is 29.2 Å². The zero-order valence-corrected chi connectivity index (χ0v) is 29.6. The Bertz CT molecular complexity index is 1880. The summed E-state index contributed by atoms with van der Waals surface area (Å²) in [5.74, 6) is 0.843. The van der Waals surface area contributed by atoms with Crippen molar-refractivity contribution in [3.8, 4) is 45.4 Å². The van der Waals surface area contributed by atoms with Gasteiger partial charge in [0.1, 0.15) is 5.69 Å². The number of hydrogen-bond donors (Lipinski definition) is 0. The van der Waals surface area contributed by atoms with Gasteiger partial charge in [-0.15, -0.1) is 0 Å². The number of methoxy groups -OCH3 is 3. The van der Waals surface area contributed by atoms with E-state index in [1.165, 1.54) is 5.56 Å². The molecule has 0 spiro atoms. The molecule has 1 atom stereocenters. The van der Waals surface area contributed by atoms with Crippen molar-refractivity contribution < 1.29 is 23.7 Å². The van der Waals surface area contributed by atoms with E-state index in [9.17, 15) is 4.79 Å². The maximum Gasteiger partial charge on any atom is 0.311 e. The quantitative estimate of drug-likeness (QED) is 0.161. The third-order valence-corrected chi connectivity index (χ3v) is 10.6. The second-order valence-electron chi connectivity index (χ2n) is 12.6. The number of halogens is 2. The van der Waals surface area contributed by atoms with E-state index in [1.54, 1.807) is 27.5 Å². The van der Waals surface area contributed by atoms with Crippen LogP contribution in [0.2, 0.25) is 10.0 Å². The van der Waals surface area contributed by atoms with Crippen molar-refractivity contribution in [1.29, 1.82) is 0 Å². The van der Waals surface area contributed by atoms with Gasteiger partial charge >= 0.3 is 5.97 Å². The van der Waals surface area contributed by atoms with Gasteiger partial charge in [-0.25, -0.2) is 9.97 Å². The van der Waals surface area contributed by atoms with Crippen LogP contribution in [0.5, 0.6) is 11.8 Å². The molecule has 0 saturated carbocycles. The Hall–Kier alpha value is -3.80. The third-order valence-electron chi connectivity index (χ3n) is 9.77. The molecule has 10 nitrogen and oxygen atoms in total. The second kappa shape index (κ2) is 14.2. The van der Waals surface area contributed by atoms with E-state index < -0.39 is 0 Å². The predicted octanol–water partition coefficient (Wildman–Crippen LogP) is 6.51. The van der Waals surface area contributed by atoms with Gasteiger partial charge in [0.15, 0.2) is 0 Å². The van der Waals surface area contributed by atoms with Gasteiger partial charge in [-0.05, 0) is 31.4 Å². The number of benzene rings is 2. The number of rotatable bonds is 11. The Kier molecular flexibility index (Phi) is 9.77. The zero-order valence-electron chi connectivity index (χ0n) is 28.0. The molecule has 4 heterocycles. The Morgan fingerprint density at radius 3 is 2.14 bits per heavy atom. The SMILES string of the molecule is CCOC(=O)C1CN(C2CCc3cc(-c4cccc(-c5cccc(-c6cnc(CN7CC(OC)C7)c(OC)n6)c5Cl)c4Cl)nc(OC)c32)C1. The fraction of sp³-hybridized carbons (Fsp3) is 0.405. The first-order chi connectivity index (χ1) is 23.8. The molecular weight excluding hydrogens is 665 g/mol. The van der Waals surface area contributed by atoms with Crippen LogP contribution in [0.4, 0.5) is 0 Å². The predicted molar refractivity (Wildman–Crippen MR) is 188 cm³/mol. The lowest BCUT2D eigenvalue weighted by molar-refractivity contribution is -0.155. The van der Waals surface area contributed by atoms with Crippen LogP contribution in [0.15, 0.2) is 48.7 Å². The molecule has 0 radical (unpaired) electrons. The molecular formula is C37H39Cl2N5O5. The van der Waals surface area contributed by atoms with E-state index in [-0.39, 0.29) is 24.0 Å². The van der Waals surface area contributed by atoms with Crippen LogP contribution in [0.1, 0.15) is 36.2 Å². The van der Waals surface area contributed by atoms with Crippen LogP contribution < -0.4 is 9.47 Å². The van der Waals surface area contributed by atoms with Gasteiger partial charge in [0.25, 0.3) is 0 Å². The number of ether oxygens (including phenoxy) is 4. The summed E-state index contributed by atoms with van der Waals surface area (Å²) in [6, 6.07) is 13.9. The summed E-state index contributed by atoms with van der Waals surface area (Å²) in [7, 11) is 4.98. The Morgan fingerprint density at radius 2 is 1.51 bits per heavy atom. The van der Waals surface area contributed by atoms with Gasteiger partial charge in [-0.2, -0.15) is 0 Å². The first-order valence-electron chi connectivity index (χ1n) is 16.5. The minimum absolute atomic E-state index is 0.0811. The highest BCUT2D eigenvalue weighted by atomic mass is 35.5. The maximum atomic E-state index is 12.2. The molecule has 2 aliphatic heterocycles. The molecule has 2 saturated heterocycles. The first-order valence-corrected chi connectivity index (χ1v) is 17.3. The molecule has 49 heavy (non-hydrogen) atoms. The summed E-state index contributed by atoms with van der Waals surface area (Å²) in [6.45, 7) is 5.92. The van der Waals surface area contributed by atoms with Crippen molar-refractivity contribution in [2.45, 2.75) is 38.5 Å². The molecule has 0 amide bonds. The second-order valence-corrected chi connectivity index (χ2v) is 13.4. The minimum Gasteiger partial charge on any atom is -0.481 e. The fourth-order valence-corrected chi connectivity index (χ4v) is 7.75. The summed E-state index contributed by atoms with van der Waals surface area (Å²) in [6.07, 6.45) is 3.80. The molecule has 2 aromatic carbocycles. The number of aryl methyl sites for hydroxylation is 1. The smallest absolute Gasteiger partial charge is 0.311 e. The van der Waals surface area contributed by atoms with Crippen LogP contribution in [-0.2, 0) is 27.2 Å². The zero-order chi connectivity index (χ0) is 34.2. The Morgan fingerprint density at radius 1 is 0.878 bits per heavy atom. The van der Waals surface area contributed by atoms with Crippen LogP contribution in [0, 0.1) is 5.92 Å². The normalized spacial score (nSPS) is 18.1.